The van der Waals surface area contributed by atoms with Crippen LogP contribution in [0.15, 0.2) is 24.3 Å². The fourth-order valence-corrected chi connectivity index (χ4v) is 2.29. The minimum Gasteiger partial charge on any atom is -0.481 e. The average molecular weight is 314 g/mol. The van der Waals surface area contributed by atoms with Gasteiger partial charge in [-0.25, -0.2) is 0 Å². The van der Waals surface area contributed by atoms with Gasteiger partial charge in [-0.05, 0) is 6.07 Å². The predicted molar refractivity (Wildman–Crippen MR) is 75.3 cm³/mol. The SMILES string of the molecule is O=C(O)CSC(=O)c1cccc(C(=O)SCC(=O)O)c1. The van der Waals surface area contributed by atoms with Crippen LogP contribution in [0.2, 0.25) is 0 Å². The van der Waals surface area contributed by atoms with E-state index >= 15 is 0 Å². The molecule has 106 valence electrons. The number of carbonyl (C=O) groups excluding carboxylic acids is 2. The molecule has 1 rings (SSSR count). The Morgan fingerprint density at radius 1 is 0.850 bits per heavy atom. The highest BCUT2D eigenvalue weighted by atomic mass is 32.2. The summed E-state index contributed by atoms with van der Waals surface area (Å²) < 4.78 is 0. The Morgan fingerprint density at radius 2 is 1.25 bits per heavy atom. The topological polar surface area (TPSA) is 109 Å². The smallest absolute Gasteiger partial charge is 0.313 e. The molecule has 0 aliphatic carbocycles. The summed E-state index contributed by atoms with van der Waals surface area (Å²) in [6.07, 6.45) is 0. The van der Waals surface area contributed by atoms with Crippen molar-refractivity contribution in [1.29, 1.82) is 0 Å². The average Bonchev–Trinajstić information content (AvgIpc) is 2.42. The van der Waals surface area contributed by atoms with Crippen LogP contribution in [0.5, 0.6) is 0 Å². The monoisotopic (exact) mass is 314 g/mol. The molecule has 6 nitrogen and oxygen atoms in total. The number of rotatable bonds is 6. The Morgan fingerprint density at radius 3 is 1.60 bits per heavy atom. The van der Waals surface area contributed by atoms with Crippen molar-refractivity contribution < 1.29 is 29.4 Å². The number of benzene rings is 1. The van der Waals surface area contributed by atoms with Crippen LogP contribution in [0.3, 0.4) is 0 Å². The van der Waals surface area contributed by atoms with Gasteiger partial charge in [-0.2, -0.15) is 0 Å². The molecule has 1 aromatic carbocycles. The van der Waals surface area contributed by atoms with Crippen molar-refractivity contribution in [2.24, 2.45) is 0 Å². The van der Waals surface area contributed by atoms with Gasteiger partial charge in [-0.15, -0.1) is 0 Å². The van der Waals surface area contributed by atoms with Crippen LogP contribution in [-0.4, -0.2) is 43.9 Å². The van der Waals surface area contributed by atoms with E-state index in [0.29, 0.717) is 23.5 Å². The van der Waals surface area contributed by atoms with E-state index in [1.54, 1.807) is 0 Å². The molecule has 0 amide bonds. The number of hydrogen-bond donors (Lipinski definition) is 2. The van der Waals surface area contributed by atoms with E-state index < -0.39 is 22.2 Å². The number of thioether (sulfide) groups is 2. The first-order chi connectivity index (χ1) is 9.40. The highest BCUT2D eigenvalue weighted by molar-refractivity contribution is 8.15. The van der Waals surface area contributed by atoms with Crippen LogP contribution in [0.25, 0.3) is 0 Å². The Labute approximate surface area is 122 Å². The Bertz CT molecular complexity index is 509. The maximum absolute atomic E-state index is 11.7. The van der Waals surface area contributed by atoms with Crippen molar-refractivity contribution in [2.45, 2.75) is 0 Å². The molecule has 0 aliphatic heterocycles. The van der Waals surface area contributed by atoms with Gasteiger partial charge in [0.05, 0.1) is 11.5 Å². The van der Waals surface area contributed by atoms with Gasteiger partial charge in [-0.3, -0.25) is 19.2 Å². The summed E-state index contributed by atoms with van der Waals surface area (Å²) in [6.45, 7) is 0. The Kier molecular flexibility index (Phi) is 6.26. The second-order valence-electron chi connectivity index (χ2n) is 3.52. The van der Waals surface area contributed by atoms with E-state index in [9.17, 15) is 19.2 Å². The summed E-state index contributed by atoms with van der Waals surface area (Å²) in [6, 6.07) is 5.75. The lowest BCUT2D eigenvalue weighted by molar-refractivity contribution is -0.134. The lowest BCUT2D eigenvalue weighted by atomic mass is 10.1. The van der Waals surface area contributed by atoms with Crippen LogP contribution in [-0.2, 0) is 9.59 Å². The largest absolute Gasteiger partial charge is 0.481 e. The second-order valence-corrected chi connectivity index (χ2v) is 5.42. The van der Waals surface area contributed by atoms with E-state index in [4.69, 9.17) is 10.2 Å². The van der Waals surface area contributed by atoms with E-state index in [1.807, 2.05) is 0 Å². The molecule has 0 saturated carbocycles. The number of hydrogen-bond acceptors (Lipinski definition) is 6. The van der Waals surface area contributed by atoms with Crippen LogP contribution < -0.4 is 0 Å². The van der Waals surface area contributed by atoms with Gasteiger partial charge in [0, 0.05) is 11.1 Å². The number of aliphatic carboxylic acids is 2. The highest BCUT2D eigenvalue weighted by Crippen LogP contribution is 2.17. The number of carboxylic acid groups (broad SMARTS) is 2. The molecule has 0 unspecified atom stereocenters. The third-order valence-corrected chi connectivity index (χ3v) is 3.77. The van der Waals surface area contributed by atoms with Crippen molar-refractivity contribution in [1.82, 2.24) is 0 Å². The van der Waals surface area contributed by atoms with Gasteiger partial charge in [0.15, 0.2) is 0 Å². The molecule has 0 bridgehead atoms. The third-order valence-electron chi connectivity index (χ3n) is 1.99. The first kappa shape index (κ1) is 16.3. The summed E-state index contributed by atoms with van der Waals surface area (Å²) in [5.41, 5.74) is 0.413. The van der Waals surface area contributed by atoms with Gasteiger partial charge in [0.1, 0.15) is 0 Å². The minimum absolute atomic E-state index is 0.207. The zero-order valence-electron chi connectivity index (χ0n) is 10.1. The highest BCUT2D eigenvalue weighted by Gasteiger charge is 2.13. The molecule has 0 atom stereocenters. The molecule has 2 N–H and O–H groups in total. The lowest BCUT2D eigenvalue weighted by Crippen LogP contribution is -2.05. The van der Waals surface area contributed by atoms with Crippen molar-refractivity contribution in [3.05, 3.63) is 35.4 Å². The number of carboxylic acids is 2. The quantitative estimate of drug-likeness (QED) is 0.815. The number of carbonyl (C=O) groups is 4. The van der Waals surface area contributed by atoms with Crippen molar-refractivity contribution in [3.63, 3.8) is 0 Å². The van der Waals surface area contributed by atoms with Crippen LogP contribution in [0.1, 0.15) is 20.7 Å². The van der Waals surface area contributed by atoms with Gasteiger partial charge in [0.25, 0.3) is 0 Å². The fourth-order valence-electron chi connectivity index (χ4n) is 1.19. The molecular formula is C12H10O6S2. The molecule has 0 heterocycles. The standard InChI is InChI=1S/C12H10O6S2/c13-9(14)5-19-11(17)7-2-1-3-8(4-7)12(18)20-6-10(15)16/h1-4H,5-6H2,(H,13,14)(H,15,16). The molecule has 8 heteroatoms. The molecule has 0 saturated heterocycles. The van der Waals surface area contributed by atoms with E-state index in [1.165, 1.54) is 24.3 Å². The molecule has 0 radical (unpaired) electrons. The summed E-state index contributed by atoms with van der Waals surface area (Å²) in [7, 11) is 0. The molecule has 0 spiro atoms. The first-order valence-electron chi connectivity index (χ1n) is 5.28. The summed E-state index contributed by atoms with van der Waals surface area (Å²) in [5.74, 6) is -2.92. The second kappa shape index (κ2) is 7.71. The Hall–Kier alpha value is -1.80. The molecule has 1 aromatic rings. The third kappa shape index (κ3) is 5.45. The first-order valence-corrected chi connectivity index (χ1v) is 7.25. The van der Waals surface area contributed by atoms with E-state index in [2.05, 4.69) is 0 Å². The van der Waals surface area contributed by atoms with Gasteiger partial charge < -0.3 is 10.2 Å². The van der Waals surface area contributed by atoms with E-state index in [-0.39, 0.29) is 22.6 Å². The normalized spacial score (nSPS) is 10.0. The van der Waals surface area contributed by atoms with Crippen LogP contribution in [0, 0.1) is 0 Å². The maximum atomic E-state index is 11.7. The zero-order valence-corrected chi connectivity index (χ0v) is 11.7. The van der Waals surface area contributed by atoms with Crippen LogP contribution >= 0.6 is 23.5 Å². The summed E-state index contributed by atoms with van der Waals surface area (Å²) in [4.78, 5) is 44.1. The molecule has 20 heavy (non-hydrogen) atoms. The van der Waals surface area contributed by atoms with Gasteiger partial charge in [-0.1, -0.05) is 41.7 Å². The summed E-state index contributed by atoms with van der Waals surface area (Å²) >= 11 is 1.25. The van der Waals surface area contributed by atoms with Crippen molar-refractivity contribution >= 4 is 45.7 Å². The zero-order chi connectivity index (χ0) is 15.1. The molecular weight excluding hydrogens is 304 g/mol. The summed E-state index contributed by atoms with van der Waals surface area (Å²) in [5, 5.41) is 16.1. The van der Waals surface area contributed by atoms with Gasteiger partial charge >= 0.3 is 11.9 Å². The van der Waals surface area contributed by atoms with Crippen molar-refractivity contribution in [2.75, 3.05) is 11.5 Å². The van der Waals surface area contributed by atoms with Crippen molar-refractivity contribution in [3.8, 4) is 0 Å². The van der Waals surface area contributed by atoms with Crippen LogP contribution in [0.4, 0.5) is 0 Å². The minimum atomic E-state index is -1.10. The lowest BCUT2D eigenvalue weighted by Gasteiger charge is -2.02. The molecule has 0 fully saturated rings. The maximum Gasteiger partial charge on any atom is 0.313 e. The molecule has 0 aliphatic rings. The molecule has 0 aromatic heterocycles. The van der Waals surface area contributed by atoms with E-state index in [0.717, 1.165) is 0 Å². The fraction of sp³-hybridized carbons (Fsp3) is 0.167. The predicted octanol–water partition coefficient (Wildman–Crippen LogP) is 1.60. The van der Waals surface area contributed by atoms with Gasteiger partial charge in [0.2, 0.25) is 10.2 Å². The Balaban J connectivity index is 2.74.